The van der Waals surface area contributed by atoms with Gasteiger partial charge in [-0.25, -0.2) is 0 Å². The van der Waals surface area contributed by atoms with Gasteiger partial charge in [0, 0.05) is 31.1 Å². The molecule has 0 spiro atoms. The summed E-state index contributed by atoms with van der Waals surface area (Å²) in [5.41, 5.74) is 5.11. The maximum absolute atomic E-state index is 6.21. The quantitative estimate of drug-likeness (QED) is 0.156. The minimum Gasteiger partial charge on any atom is -0.467 e. The van der Waals surface area contributed by atoms with Gasteiger partial charge in [-0.1, -0.05) is 98.9 Å². The monoisotopic (exact) mass is 455 g/mol. The first-order valence-electron chi connectivity index (χ1n) is 11.7. The summed E-state index contributed by atoms with van der Waals surface area (Å²) in [5.74, 6) is 0.980. The van der Waals surface area contributed by atoms with Crippen LogP contribution in [0.3, 0.4) is 0 Å². The van der Waals surface area contributed by atoms with Crippen LogP contribution in [0.25, 0.3) is 0 Å². The van der Waals surface area contributed by atoms with Crippen molar-refractivity contribution in [3.8, 4) is 5.75 Å². The maximum atomic E-state index is 6.21. The average Bonchev–Trinajstić information content (AvgIpc) is 2.73. The number of aryl methyl sites for hydroxylation is 1. The molecule has 0 heterocycles. The molecular weight excluding hydrogens is 413 g/mol. The lowest BCUT2D eigenvalue weighted by atomic mass is 9.82. The molecule has 0 aliphatic heterocycles. The van der Waals surface area contributed by atoms with E-state index >= 15 is 0 Å². The van der Waals surface area contributed by atoms with Gasteiger partial charge in [0.25, 0.3) is 0 Å². The van der Waals surface area contributed by atoms with Crippen molar-refractivity contribution >= 4 is 20.1 Å². The van der Waals surface area contributed by atoms with Gasteiger partial charge in [-0.2, -0.15) is 0 Å². The molecule has 2 aromatic carbocycles. The van der Waals surface area contributed by atoms with Crippen molar-refractivity contribution in [2.45, 2.75) is 77.8 Å². The van der Waals surface area contributed by atoms with Gasteiger partial charge in [0.05, 0.1) is 0 Å². The molecule has 0 saturated heterocycles. The lowest BCUT2D eigenvalue weighted by Crippen LogP contribution is -2.24. The van der Waals surface area contributed by atoms with E-state index in [1.807, 2.05) is 13.3 Å². The van der Waals surface area contributed by atoms with E-state index in [2.05, 4.69) is 82.9 Å². The summed E-state index contributed by atoms with van der Waals surface area (Å²) in [5, 5.41) is 1.32. The van der Waals surface area contributed by atoms with E-state index in [0.717, 1.165) is 12.2 Å². The summed E-state index contributed by atoms with van der Waals surface area (Å²) in [7, 11) is 4.13. The molecular formula is C28H42NO2P. The van der Waals surface area contributed by atoms with Gasteiger partial charge < -0.3 is 9.47 Å². The standard InChI is InChI=1S/C28H42NO2P/c1-9-10-13-16-28(6,32-25-15-12-11-14-22(25)19-29-7)24-18-23(27(3,4)5)17-21(2)26(24)31-20-30-8/h11-12,14-15,17-19,32H,9-10,13,16,20H2,1-8H3. The van der Waals surface area contributed by atoms with E-state index in [1.165, 1.54) is 46.8 Å². The van der Waals surface area contributed by atoms with Crippen molar-refractivity contribution < 1.29 is 9.47 Å². The first kappa shape index (κ1) is 26.6. The second-order valence-corrected chi connectivity index (χ2v) is 11.8. The molecule has 32 heavy (non-hydrogen) atoms. The summed E-state index contributed by atoms with van der Waals surface area (Å²) in [6.07, 6.45) is 6.75. The van der Waals surface area contributed by atoms with Gasteiger partial charge in [0.1, 0.15) is 5.75 Å². The van der Waals surface area contributed by atoms with Crippen LogP contribution in [0.2, 0.25) is 0 Å². The molecule has 176 valence electrons. The van der Waals surface area contributed by atoms with E-state index in [-0.39, 0.29) is 17.4 Å². The van der Waals surface area contributed by atoms with Crippen LogP contribution in [0.5, 0.6) is 5.75 Å². The molecule has 0 N–H and O–H groups in total. The number of hydrogen-bond acceptors (Lipinski definition) is 3. The summed E-state index contributed by atoms with van der Waals surface area (Å²) >= 11 is 0. The van der Waals surface area contributed by atoms with Crippen molar-refractivity contribution in [2.24, 2.45) is 4.99 Å². The zero-order valence-electron chi connectivity index (χ0n) is 21.3. The number of unbranched alkanes of at least 4 members (excludes halogenated alkanes) is 2. The van der Waals surface area contributed by atoms with Gasteiger partial charge in [0.2, 0.25) is 0 Å². The van der Waals surface area contributed by atoms with Crippen molar-refractivity contribution in [1.29, 1.82) is 0 Å². The Morgan fingerprint density at radius 2 is 1.78 bits per heavy atom. The van der Waals surface area contributed by atoms with Crippen molar-refractivity contribution in [2.75, 3.05) is 21.0 Å². The van der Waals surface area contributed by atoms with Crippen LogP contribution in [0.1, 0.15) is 82.6 Å². The number of rotatable bonds is 11. The van der Waals surface area contributed by atoms with E-state index in [4.69, 9.17) is 9.47 Å². The third-order valence-corrected chi connectivity index (χ3v) is 7.77. The number of nitrogens with zero attached hydrogens (tertiary/aromatic N) is 1. The van der Waals surface area contributed by atoms with Crippen molar-refractivity contribution in [1.82, 2.24) is 0 Å². The van der Waals surface area contributed by atoms with Crippen LogP contribution in [0.4, 0.5) is 0 Å². The molecule has 0 aromatic heterocycles. The Hall–Kier alpha value is -1.70. The Labute approximate surface area is 197 Å². The first-order valence-corrected chi connectivity index (χ1v) is 12.7. The SMILES string of the molecule is CCCCCC(C)(Pc1ccccc1C=NC)c1cc(C(C)(C)C)cc(C)c1OCOC. The van der Waals surface area contributed by atoms with E-state index in [1.54, 1.807) is 7.11 Å². The fourth-order valence-electron chi connectivity index (χ4n) is 4.08. The molecule has 0 radical (unpaired) electrons. The predicted octanol–water partition coefficient (Wildman–Crippen LogP) is 7.12. The molecule has 2 unspecified atom stereocenters. The molecule has 0 bridgehead atoms. The number of ether oxygens (including phenoxy) is 2. The van der Waals surface area contributed by atoms with Gasteiger partial charge in [-0.05, 0) is 40.8 Å². The Bertz CT molecular complexity index is 901. The third-order valence-electron chi connectivity index (χ3n) is 5.98. The summed E-state index contributed by atoms with van der Waals surface area (Å²) in [6.45, 7) is 14.0. The lowest BCUT2D eigenvalue weighted by Gasteiger charge is -2.35. The minimum absolute atomic E-state index is 0.0397. The van der Waals surface area contributed by atoms with Crippen LogP contribution >= 0.6 is 8.58 Å². The summed E-state index contributed by atoms with van der Waals surface area (Å²) in [6, 6.07) is 13.3. The van der Waals surface area contributed by atoms with Crippen LogP contribution in [0.15, 0.2) is 41.4 Å². The molecule has 2 aromatic rings. The second kappa shape index (κ2) is 12.0. The van der Waals surface area contributed by atoms with Gasteiger partial charge in [-0.3, -0.25) is 4.99 Å². The van der Waals surface area contributed by atoms with Crippen LogP contribution in [-0.2, 0) is 15.3 Å². The summed E-state index contributed by atoms with van der Waals surface area (Å²) in [4.78, 5) is 4.30. The molecule has 3 nitrogen and oxygen atoms in total. The zero-order chi connectivity index (χ0) is 23.8. The zero-order valence-corrected chi connectivity index (χ0v) is 22.3. The Morgan fingerprint density at radius 3 is 2.41 bits per heavy atom. The average molecular weight is 456 g/mol. The number of benzene rings is 2. The minimum atomic E-state index is -0.0397. The van der Waals surface area contributed by atoms with Gasteiger partial charge in [-0.15, -0.1) is 0 Å². The van der Waals surface area contributed by atoms with Crippen LogP contribution < -0.4 is 10.0 Å². The van der Waals surface area contributed by atoms with Crippen LogP contribution in [0, 0.1) is 6.92 Å². The van der Waals surface area contributed by atoms with Crippen molar-refractivity contribution in [3.05, 3.63) is 58.7 Å². The number of hydrogen-bond donors (Lipinski definition) is 0. The molecule has 4 heteroatoms. The topological polar surface area (TPSA) is 30.8 Å². The smallest absolute Gasteiger partial charge is 0.188 e. The van der Waals surface area contributed by atoms with E-state index < -0.39 is 0 Å². The molecule has 2 rings (SSSR count). The van der Waals surface area contributed by atoms with E-state index in [9.17, 15) is 0 Å². The normalized spacial score (nSPS) is 14.4. The molecule has 0 aliphatic rings. The molecule has 0 fully saturated rings. The highest BCUT2D eigenvalue weighted by molar-refractivity contribution is 7.48. The summed E-state index contributed by atoms with van der Waals surface area (Å²) < 4.78 is 11.5. The second-order valence-electron chi connectivity index (χ2n) is 9.86. The Morgan fingerprint density at radius 1 is 1.06 bits per heavy atom. The molecule has 0 amide bonds. The Balaban J connectivity index is 2.68. The fraction of sp³-hybridized carbons (Fsp3) is 0.536. The number of methoxy groups -OCH3 is 1. The molecule has 2 atom stereocenters. The third kappa shape index (κ3) is 6.90. The highest BCUT2D eigenvalue weighted by atomic mass is 31.1. The van der Waals surface area contributed by atoms with Gasteiger partial charge in [0.15, 0.2) is 6.79 Å². The molecule has 0 aliphatic carbocycles. The highest BCUT2D eigenvalue weighted by Gasteiger charge is 2.33. The van der Waals surface area contributed by atoms with E-state index in [0.29, 0.717) is 8.58 Å². The largest absolute Gasteiger partial charge is 0.467 e. The highest BCUT2D eigenvalue weighted by Crippen LogP contribution is 2.50. The predicted molar refractivity (Wildman–Crippen MR) is 142 cm³/mol. The fourth-order valence-corrected chi connectivity index (χ4v) is 5.77. The Kier molecular flexibility index (Phi) is 9.92. The maximum Gasteiger partial charge on any atom is 0.188 e. The number of aliphatic imine (C=N–C) groups is 1. The van der Waals surface area contributed by atoms with Gasteiger partial charge >= 0.3 is 0 Å². The van der Waals surface area contributed by atoms with Crippen molar-refractivity contribution in [3.63, 3.8) is 0 Å². The van der Waals surface area contributed by atoms with Crippen LogP contribution in [-0.4, -0.2) is 27.2 Å². The first-order chi connectivity index (χ1) is 15.2. The molecule has 0 saturated carbocycles. The lowest BCUT2D eigenvalue weighted by molar-refractivity contribution is 0.0494.